The van der Waals surface area contributed by atoms with Crippen LogP contribution in [0.15, 0.2) is 35.1 Å². The van der Waals surface area contributed by atoms with Crippen LogP contribution in [0.5, 0.6) is 0 Å². The van der Waals surface area contributed by atoms with Crippen LogP contribution in [0.25, 0.3) is 0 Å². The van der Waals surface area contributed by atoms with Crippen LogP contribution in [-0.4, -0.2) is 21.0 Å². The van der Waals surface area contributed by atoms with Crippen LogP contribution in [-0.2, 0) is 6.61 Å². The maximum Gasteiger partial charge on any atom is 0.276 e. The Morgan fingerprint density at radius 1 is 1.37 bits per heavy atom. The van der Waals surface area contributed by atoms with Gasteiger partial charge in [0.25, 0.3) is 5.91 Å². The molecule has 0 bridgehead atoms. The smallest absolute Gasteiger partial charge is 0.276 e. The summed E-state index contributed by atoms with van der Waals surface area (Å²) in [6.45, 7) is 1.61. The van der Waals surface area contributed by atoms with Gasteiger partial charge in [0.15, 0.2) is 5.69 Å². The molecule has 1 heterocycles. The van der Waals surface area contributed by atoms with Crippen molar-refractivity contribution in [1.29, 1.82) is 0 Å². The number of benzene rings is 1. The fourth-order valence-corrected chi connectivity index (χ4v) is 1.83. The van der Waals surface area contributed by atoms with E-state index < -0.39 is 0 Å². The number of nitrogens with zero attached hydrogens (tertiary/aromatic N) is 2. The summed E-state index contributed by atoms with van der Waals surface area (Å²) >= 11 is 3.40. The zero-order chi connectivity index (χ0) is 13.8. The van der Waals surface area contributed by atoms with Crippen molar-refractivity contribution in [2.75, 3.05) is 5.32 Å². The number of amides is 1. The number of hydrogen-bond acceptors (Lipinski definition) is 4. The average molecular weight is 322 g/mol. The van der Waals surface area contributed by atoms with Crippen molar-refractivity contribution in [3.8, 4) is 0 Å². The molecular formula is C13H12BrN3O2. The van der Waals surface area contributed by atoms with Crippen molar-refractivity contribution in [1.82, 2.24) is 9.97 Å². The summed E-state index contributed by atoms with van der Waals surface area (Å²) in [5, 5.41) is 11.9. The molecule has 0 atom stereocenters. The van der Waals surface area contributed by atoms with Gasteiger partial charge >= 0.3 is 0 Å². The Hall–Kier alpha value is -1.79. The van der Waals surface area contributed by atoms with Crippen LogP contribution in [0.4, 0.5) is 5.69 Å². The highest BCUT2D eigenvalue weighted by atomic mass is 79.9. The molecule has 0 aliphatic rings. The molecule has 0 spiro atoms. The van der Waals surface area contributed by atoms with Crippen LogP contribution in [0, 0.1) is 6.92 Å². The van der Waals surface area contributed by atoms with Crippen molar-refractivity contribution in [2.24, 2.45) is 0 Å². The van der Waals surface area contributed by atoms with E-state index >= 15 is 0 Å². The molecule has 6 heteroatoms. The third-order valence-electron chi connectivity index (χ3n) is 2.55. The quantitative estimate of drug-likeness (QED) is 0.909. The minimum absolute atomic E-state index is 0.130. The van der Waals surface area contributed by atoms with Gasteiger partial charge in [0, 0.05) is 22.6 Å². The van der Waals surface area contributed by atoms with Gasteiger partial charge in [-0.3, -0.25) is 9.78 Å². The summed E-state index contributed by atoms with van der Waals surface area (Å²) < 4.78 is 0.973. The topological polar surface area (TPSA) is 75.1 Å². The van der Waals surface area contributed by atoms with Gasteiger partial charge in [0.1, 0.15) is 0 Å². The zero-order valence-corrected chi connectivity index (χ0v) is 11.8. The average Bonchev–Trinajstić information content (AvgIpc) is 2.43. The Labute approximate surface area is 118 Å². The van der Waals surface area contributed by atoms with Gasteiger partial charge in [-0.2, -0.15) is 0 Å². The maximum atomic E-state index is 12.1. The lowest BCUT2D eigenvalue weighted by atomic mass is 10.2. The molecule has 2 N–H and O–H groups in total. The fourth-order valence-electron chi connectivity index (χ4n) is 1.58. The molecule has 0 aliphatic carbocycles. The standard InChI is InChI=1S/C13H12BrN3O2/c1-8-6-9(2-3-10(8)14)17-13(19)12-11(7-18)15-4-5-16-12/h2-6,18H,7H2,1H3,(H,17,19). The van der Waals surface area contributed by atoms with Gasteiger partial charge in [-0.05, 0) is 30.7 Å². The van der Waals surface area contributed by atoms with Crippen molar-refractivity contribution >= 4 is 27.5 Å². The second-order valence-corrected chi connectivity index (χ2v) is 4.78. The number of nitrogens with one attached hydrogen (secondary N) is 1. The van der Waals surface area contributed by atoms with E-state index in [1.807, 2.05) is 19.1 Å². The predicted octanol–water partition coefficient (Wildman–Crippen LogP) is 2.29. The number of aryl methyl sites for hydroxylation is 1. The summed E-state index contributed by atoms with van der Waals surface area (Å²) in [6.07, 6.45) is 2.85. The summed E-state index contributed by atoms with van der Waals surface area (Å²) in [5.41, 5.74) is 2.07. The Balaban J connectivity index is 2.23. The van der Waals surface area contributed by atoms with Gasteiger partial charge in [0.05, 0.1) is 12.3 Å². The number of halogens is 1. The lowest BCUT2D eigenvalue weighted by Gasteiger charge is -2.08. The Kier molecular flexibility index (Phi) is 4.24. The largest absolute Gasteiger partial charge is 0.390 e. The number of aromatic nitrogens is 2. The lowest BCUT2D eigenvalue weighted by Crippen LogP contribution is -2.17. The third kappa shape index (κ3) is 3.15. The summed E-state index contributed by atoms with van der Waals surface area (Å²) in [7, 11) is 0. The third-order valence-corrected chi connectivity index (χ3v) is 3.44. The van der Waals surface area contributed by atoms with E-state index in [2.05, 4.69) is 31.2 Å². The number of anilines is 1. The second kappa shape index (κ2) is 5.90. The first kappa shape index (κ1) is 13.6. The monoisotopic (exact) mass is 321 g/mol. The lowest BCUT2D eigenvalue weighted by molar-refractivity contribution is 0.101. The van der Waals surface area contributed by atoms with Crippen molar-refractivity contribution in [3.05, 3.63) is 52.0 Å². The molecular weight excluding hydrogens is 310 g/mol. The molecule has 0 unspecified atom stereocenters. The van der Waals surface area contributed by atoms with Crippen LogP contribution in [0.2, 0.25) is 0 Å². The predicted molar refractivity (Wildman–Crippen MR) is 74.8 cm³/mol. The SMILES string of the molecule is Cc1cc(NC(=O)c2nccnc2CO)ccc1Br. The second-order valence-electron chi connectivity index (χ2n) is 3.93. The molecule has 0 saturated carbocycles. The van der Waals surface area contributed by atoms with E-state index in [1.165, 1.54) is 12.4 Å². The first-order valence-electron chi connectivity index (χ1n) is 5.60. The van der Waals surface area contributed by atoms with Crippen molar-refractivity contribution < 1.29 is 9.90 Å². The molecule has 2 rings (SSSR count). The highest BCUT2D eigenvalue weighted by molar-refractivity contribution is 9.10. The van der Waals surface area contributed by atoms with E-state index in [0.717, 1.165) is 10.0 Å². The van der Waals surface area contributed by atoms with Crippen LogP contribution in [0.1, 0.15) is 21.7 Å². The number of rotatable bonds is 3. The summed E-state index contributed by atoms with van der Waals surface area (Å²) in [6, 6.07) is 5.48. The molecule has 98 valence electrons. The first-order chi connectivity index (χ1) is 9.11. The molecule has 19 heavy (non-hydrogen) atoms. The van der Waals surface area contributed by atoms with Gasteiger partial charge in [-0.1, -0.05) is 15.9 Å². The molecule has 1 aromatic carbocycles. The highest BCUT2D eigenvalue weighted by Gasteiger charge is 2.13. The van der Waals surface area contributed by atoms with Crippen molar-refractivity contribution in [2.45, 2.75) is 13.5 Å². The van der Waals surface area contributed by atoms with Crippen molar-refractivity contribution in [3.63, 3.8) is 0 Å². The first-order valence-corrected chi connectivity index (χ1v) is 6.39. The van der Waals surface area contributed by atoms with E-state index in [-0.39, 0.29) is 23.9 Å². The minimum atomic E-state index is -0.390. The van der Waals surface area contributed by atoms with E-state index in [4.69, 9.17) is 5.11 Å². The zero-order valence-electron chi connectivity index (χ0n) is 10.2. The molecule has 2 aromatic rings. The Bertz CT molecular complexity index is 617. The number of carbonyl (C=O) groups is 1. The van der Waals surface area contributed by atoms with Crippen LogP contribution < -0.4 is 5.32 Å². The molecule has 1 amide bonds. The molecule has 0 saturated heterocycles. The number of aliphatic hydroxyl groups is 1. The molecule has 1 aromatic heterocycles. The number of aliphatic hydroxyl groups excluding tert-OH is 1. The van der Waals surface area contributed by atoms with E-state index in [0.29, 0.717) is 5.69 Å². The van der Waals surface area contributed by atoms with Crippen LogP contribution in [0.3, 0.4) is 0 Å². The van der Waals surface area contributed by atoms with Gasteiger partial charge in [-0.25, -0.2) is 4.98 Å². The van der Waals surface area contributed by atoms with Gasteiger partial charge < -0.3 is 10.4 Å². The minimum Gasteiger partial charge on any atom is -0.390 e. The van der Waals surface area contributed by atoms with Gasteiger partial charge in [0.2, 0.25) is 0 Å². The summed E-state index contributed by atoms with van der Waals surface area (Å²) in [5.74, 6) is -0.390. The molecule has 0 radical (unpaired) electrons. The van der Waals surface area contributed by atoms with E-state index in [1.54, 1.807) is 6.07 Å². The Morgan fingerprint density at radius 3 is 2.79 bits per heavy atom. The summed E-state index contributed by atoms with van der Waals surface area (Å²) in [4.78, 5) is 19.9. The molecule has 5 nitrogen and oxygen atoms in total. The number of carbonyl (C=O) groups excluding carboxylic acids is 1. The Morgan fingerprint density at radius 2 is 2.11 bits per heavy atom. The highest BCUT2D eigenvalue weighted by Crippen LogP contribution is 2.20. The normalized spacial score (nSPS) is 10.3. The van der Waals surface area contributed by atoms with E-state index in [9.17, 15) is 4.79 Å². The fraction of sp³-hybridized carbons (Fsp3) is 0.154. The molecule has 0 aliphatic heterocycles. The molecule has 0 fully saturated rings. The maximum absolute atomic E-state index is 12.1. The van der Waals surface area contributed by atoms with Crippen LogP contribution >= 0.6 is 15.9 Å². The number of hydrogen-bond donors (Lipinski definition) is 2. The van der Waals surface area contributed by atoms with Gasteiger partial charge in [-0.15, -0.1) is 0 Å².